The van der Waals surface area contributed by atoms with Gasteiger partial charge in [0.15, 0.2) is 0 Å². The summed E-state index contributed by atoms with van der Waals surface area (Å²) < 4.78 is 21.7. The highest BCUT2D eigenvalue weighted by molar-refractivity contribution is 5.16. The standard InChI is InChI=1S/C9H15FO2/c1-8(4-5-10)9(2)12-7-6-11-3/h4-5,9H,1,6-7H2,2-3H3/b5-4+. The topological polar surface area (TPSA) is 18.5 Å². The Hall–Kier alpha value is -0.670. The highest BCUT2D eigenvalue weighted by Gasteiger charge is 2.02. The minimum absolute atomic E-state index is 0.160. The molecule has 70 valence electrons. The van der Waals surface area contributed by atoms with Crippen LogP contribution in [0.25, 0.3) is 0 Å². The van der Waals surface area contributed by atoms with E-state index in [0.29, 0.717) is 25.1 Å². The molecular formula is C9H15FO2. The summed E-state index contributed by atoms with van der Waals surface area (Å²) in [5.74, 6) is 0. The first kappa shape index (κ1) is 11.3. The second-order valence-corrected chi connectivity index (χ2v) is 2.37. The average molecular weight is 174 g/mol. The molecule has 0 aromatic carbocycles. The number of rotatable bonds is 6. The minimum atomic E-state index is -0.160. The summed E-state index contributed by atoms with van der Waals surface area (Å²) in [6.07, 6.45) is 1.59. The van der Waals surface area contributed by atoms with Crippen molar-refractivity contribution in [1.29, 1.82) is 0 Å². The largest absolute Gasteiger partial charge is 0.382 e. The Kier molecular flexibility index (Phi) is 6.61. The summed E-state index contributed by atoms with van der Waals surface area (Å²) in [5, 5.41) is 0. The molecule has 0 radical (unpaired) electrons. The van der Waals surface area contributed by atoms with Crippen molar-refractivity contribution >= 4 is 0 Å². The first-order valence-electron chi connectivity index (χ1n) is 3.78. The lowest BCUT2D eigenvalue weighted by molar-refractivity contribution is 0.0442. The summed E-state index contributed by atoms with van der Waals surface area (Å²) >= 11 is 0. The fourth-order valence-corrected chi connectivity index (χ4v) is 0.632. The molecule has 0 fully saturated rings. The van der Waals surface area contributed by atoms with Gasteiger partial charge in [0, 0.05) is 7.11 Å². The van der Waals surface area contributed by atoms with Crippen LogP contribution in [0, 0.1) is 0 Å². The average Bonchev–Trinajstić information content (AvgIpc) is 2.05. The van der Waals surface area contributed by atoms with E-state index in [9.17, 15) is 4.39 Å². The molecule has 0 aliphatic carbocycles. The number of halogens is 1. The minimum Gasteiger partial charge on any atom is -0.382 e. The monoisotopic (exact) mass is 174 g/mol. The number of hydrogen-bond donors (Lipinski definition) is 0. The van der Waals surface area contributed by atoms with Crippen LogP contribution in [0.2, 0.25) is 0 Å². The van der Waals surface area contributed by atoms with Gasteiger partial charge in [-0.3, -0.25) is 0 Å². The van der Waals surface area contributed by atoms with Gasteiger partial charge in [-0.15, -0.1) is 0 Å². The zero-order chi connectivity index (χ0) is 9.40. The maximum atomic E-state index is 11.7. The van der Waals surface area contributed by atoms with Gasteiger partial charge in [-0.2, -0.15) is 0 Å². The van der Waals surface area contributed by atoms with E-state index in [1.54, 1.807) is 7.11 Å². The van der Waals surface area contributed by atoms with Gasteiger partial charge >= 0.3 is 0 Å². The van der Waals surface area contributed by atoms with Gasteiger partial charge in [-0.05, 0) is 18.6 Å². The second-order valence-electron chi connectivity index (χ2n) is 2.37. The molecule has 0 spiro atoms. The third kappa shape index (κ3) is 5.04. The molecule has 0 rings (SSSR count). The summed E-state index contributed by atoms with van der Waals surface area (Å²) in [4.78, 5) is 0. The molecule has 1 unspecified atom stereocenters. The highest BCUT2D eigenvalue weighted by Crippen LogP contribution is 2.05. The summed E-state index contributed by atoms with van der Waals surface area (Å²) in [7, 11) is 1.60. The van der Waals surface area contributed by atoms with Crippen LogP contribution in [-0.4, -0.2) is 26.4 Å². The molecule has 0 aromatic rings. The fraction of sp³-hybridized carbons (Fsp3) is 0.556. The number of hydrogen-bond acceptors (Lipinski definition) is 2. The first-order valence-corrected chi connectivity index (χ1v) is 3.78. The Balaban J connectivity index is 3.56. The second kappa shape index (κ2) is 7.00. The predicted molar refractivity (Wildman–Crippen MR) is 46.7 cm³/mol. The fourth-order valence-electron chi connectivity index (χ4n) is 0.632. The third-order valence-electron chi connectivity index (χ3n) is 1.45. The van der Waals surface area contributed by atoms with E-state index in [1.807, 2.05) is 6.92 Å². The Bertz CT molecular complexity index is 155. The molecule has 0 bridgehead atoms. The smallest absolute Gasteiger partial charge is 0.0870 e. The Morgan fingerprint density at radius 3 is 2.75 bits per heavy atom. The van der Waals surface area contributed by atoms with Crippen LogP contribution in [0.15, 0.2) is 24.6 Å². The van der Waals surface area contributed by atoms with E-state index < -0.39 is 0 Å². The molecule has 3 heteroatoms. The van der Waals surface area contributed by atoms with Crippen molar-refractivity contribution in [3.8, 4) is 0 Å². The van der Waals surface area contributed by atoms with E-state index >= 15 is 0 Å². The molecule has 0 saturated carbocycles. The van der Waals surface area contributed by atoms with Crippen LogP contribution in [0.4, 0.5) is 4.39 Å². The Labute approximate surface area is 72.7 Å². The van der Waals surface area contributed by atoms with Crippen molar-refractivity contribution in [1.82, 2.24) is 0 Å². The molecule has 0 aliphatic rings. The van der Waals surface area contributed by atoms with Crippen molar-refractivity contribution < 1.29 is 13.9 Å². The van der Waals surface area contributed by atoms with Crippen LogP contribution >= 0.6 is 0 Å². The SMILES string of the molecule is C=C(/C=C/F)C(C)OCCOC. The number of methoxy groups -OCH3 is 1. The molecule has 0 saturated heterocycles. The quantitative estimate of drug-likeness (QED) is 0.453. The Morgan fingerprint density at radius 1 is 1.58 bits per heavy atom. The molecule has 12 heavy (non-hydrogen) atoms. The Morgan fingerprint density at radius 2 is 2.25 bits per heavy atom. The van der Waals surface area contributed by atoms with E-state index in [2.05, 4.69) is 6.58 Å². The van der Waals surface area contributed by atoms with Crippen molar-refractivity contribution in [2.24, 2.45) is 0 Å². The van der Waals surface area contributed by atoms with Crippen LogP contribution in [0.5, 0.6) is 0 Å². The zero-order valence-electron chi connectivity index (χ0n) is 7.55. The lowest BCUT2D eigenvalue weighted by Crippen LogP contribution is -2.13. The third-order valence-corrected chi connectivity index (χ3v) is 1.45. The molecule has 0 amide bonds. The first-order chi connectivity index (χ1) is 5.72. The summed E-state index contributed by atoms with van der Waals surface area (Å²) in [6, 6.07) is 0. The lowest BCUT2D eigenvalue weighted by Gasteiger charge is -2.12. The number of ether oxygens (including phenoxy) is 2. The molecule has 0 heterocycles. The van der Waals surface area contributed by atoms with E-state index in [1.165, 1.54) is 6.08 Å². The van der Waals surface area contributed by atoms with Gasteiger partial charge in [0.25, 0.3) is 0 Å². The molecular weight excluding hydrogens is 159 g/mol. The van der Waals surface area contributed by atoms with Crippen molar-refractivity contribution in [3.05, 3.63) is 24.6 Å². The van der Waals surface area contributed by atoms with Crippen LogP contribution in [-0.2, 0) is 9.47 Å². The van der Waals surface area contributed by atoms with E-state index in [0.717, 1.165) is 0 Å². The van der Waals surface area contributed by atoms with Crippen LogP contribution in [0.1, 0.15) is 6.92 Å². The molecule has 2 nitrogen and oxygen atoms in total. The van der Waals surface area contributed by atoms with Crippen molar-refractivity contribution in [3.63, 3.8) is 0 Å². The maximum Gasteiger partial charge on any atom is 0.0870 e. The summed E-state index contributed by atoms with van der Waals surface area (Å²) in [5.41, 5.74) is 0.619. The predicted octanol–water partition coefficient (Wildman–Crippen LogP) is 2.08. The van der Waals surface area contributed by atoms with Gasteiger partial charge in [0.05, 0.1) is 25.6 Å². The van der Waals surface area contributed by atoms with Crippen LogP contribution in [0.3, 0.4) is 0 Å². The van der Waals surface area contributed by atoms with E-state index in [4.69, 9.17) is 9.47 Å². The van der Waals surface area contributed by atoms with E-state index in [-0.39, 0.29) is 6.10 Å². The van der Waals surface area contributed by atoms with Gasteiger partial charge in [-0.25, -0.2) is 4.39 Å². The normalized spacial score (nSPS) is 13.6. The highest BCUT2D eigenvalue weighted by atomic mass is 19.1. The van der Waals surface area contributed by atoms with Gasteiger partial charge in [-0.1, -0.05) is 6.58 Å². The van der Waals surface area contributed by atoms with Gasteiger partial charge in [0.1, 0.15) is 0 Å². The summed E-state index contributed by atoms with van der Waals surface area (Å²) in [6.45, 7) is 6.48. The van der Waals surface area contributed by atoms with Gasteiger partial charge in [0.2, 0.25) is 0 Å². The van der Waals surface area contributed by atoms with Gasteiger partial charge < -0.3 is 9.47 Å². The zero-order valence-corrected chi connectivity index (χ0v) is 7.55. The molecule has 0 N–H and O–H groups in total. The van der Waals surface area contributed by atoms with Crippen molar-refractivity contribution in [2.75, 3.05) is 20.3 Å². The lowest BCUT2D eigenvalue weighted by atomic mass is 10.2. The van der Waals surface area contributed by atoms with Crippen molar-refractivity contribution in [2.45, 2.75) is 13.0 Å². The molecule has 0 aromatic heterocycles. The molecule has 1 atom stereocenters. The van der Waals surface area contributed by atoms with Crippen LogP contribution < -0.4 is 0 Å². The maximum absolute atomic E-state index is 11.7. The molecule has 0 aliphatic heterocycles.